The fourth-order valence-electron chi connectivity index (χ4n) is 1.27. The Balaban J connectivity index is 2.74. The zero-order valence-corrected chi connectivity index (χ0v) is 11.8. The molecule has 0 aliphatic carbocycles. The van der Waals surface area contributed by atoms with Crippen LogP contribution in [0.4, 0.5) is 10.5 Å². The SMILES string of the molecule is CCC(C)(CO)NC(=O)Nc1cccc(Cl)c1Cl. The first-order valence-electron chi connectivity index (χ1n) is 5.56. The van der Waals surface area contributed by atoms with Gasteiger partial charge in [0.25, 0.3) is 0 Å². The van der Waals surface area contributed by atoms with Crippen molar-refractivity contribution in [2.24, 2.45) is 0 Å². The number of halogens is 2. The summed E-state index contributed by atoms with van der Waals surface area (Å²) in [5.74, 6) is 0. The van der Waals surface area contributed by atoms with E-state index in [1.54, 1.807) is 25.1 Å². The molecule has 1 rings (SSSR count). The van der Waals surface area contributed by atoms with E-state index in [1.165, 1.54) is 0 Å². The lowest BCUT2D eigenvalue weighted by Crippen LogP contribution is -2.50. The van der Waals surface area contributed by atoms with Gasteiger partial charge in [-0.3, -0.25) is 0 Å². The van der Waals surface area contributed by atoms with Crippen molar-refractivity contribution in [3.05, 3.63) is 28.2 Å². The largest absolute Gasteiger partial charge is 0.394 e. The van der Waals surface area contributed by atoms with E-state index in [2.05, 4.69) is 10.6 Å². The van der Waals surface area contributed by atoms with Crippen LogP contribution < -0.4 is 10.6 Å². The molecular weight excluding hydrogens is 275 g/mol. The maximum absolute atomic E-state index is 11.8. The molecule has 1 unspecified atom stereocenters. The van der Waals surface area contributed by atoms with Crippen LogP contribution in [0.15, 0.2) is 18.2 Å². The monoisotopic (exact) mass is 290 g/mol. The second-order valence-electron chi connectivity index (χ2n) is 4.25. The Morgan fingerprint density at radius 2 is 2.11 bits per heavy atom. The first-order valence-corrected chi connectivity index (χ1v) is 6.31. The average molecular weight is 291 g/mol. The fraction of sp³-hybridized carbons (Fsp3) is 0.417. The molecule has 0 bridgehead atoms. The number of aliphatic hydroxyl groups excluding tert-OH is 1. The quantitative estimate of drug-likeness (QED) is 0.797. The molecule has 0 aliphatic rings. The van der Waals surface area contributed by atoms with E-state index in [9.17, 15) is 9.90 Å². The second-order valence-corrected chi connectivity index (χ2v) is 5.04. The van der Waals surface area contributed by atoms with Crippen molar-refractivity contribution in [2.75, 3.05) is 11.9 Å². The van der Waals surface area contributed by atoms with Gasteiger partial charge in [0.15, 0.2) is 0 Å². The maximum Gasteiger partial charge on any atom is 0.319 e. The molecule has 0 saturated heterocycles. The Bertz CT molecular complexity index is 434. The number of hydrogen-bond acceptors (Lipinski definition) is 2. The van der Waals surface area contributed by atoms with Gasteiger partial charge in [0.2, 0.25) is 0 Å². The van der Waals surface area contributed by atoms with Crippen molar-refractivity contribution < 1.29 is 9.90 Å². The third-order valence-corrected chi connectivity index (χ3v) is 3.56. The van der Waals surface area contributed by atoms with Gasteiger partial charge in [-0.15, -0.1) is 0 Å². The summed E-state index contributed by atoms with van der Waals surface area (Å²) in [5.41, 5.74) is -0.229. The van der Waals surface area contributed by atoms with E-state index < -0.39 is 11.6 Å². The Morgan fingerprint density at radius 3 is 2.67 bits per heavy atom. The van der Waals surface area contributed by atoms with Gasteiger partial charge in [-0.2, -0.15) is 0 Å². The lowest BCUT2D eigenvalue weighted by molar-refractivity contribution is 0.172. The summed E-state index contributed by atoms with van der Waals surface area (Å²) >= 11 is 11.8. The number of benzene rings is 1. The van der Waals surface area contributed by atoms with Crippen LogP contribution in [-0.4, -0.2) is 23.3 Å². The number of aliphatic hydroxyl groups is 1. The number of anilines is 1. The predicted octanol–water partition coefficient (Wildman–Crippen LogP) is 3.28. The van der Waals surface area contributed by atoms with Crippen LogP contribution in [0, 0.1) is 0 Å². The van der Waals surface area contributed by atoms with Crippen molar-refractivity contribution in [1.29, 1.82) is 0 Å². The van der Waals surface area contributed by atoms with E-state index in [4.69, 9.17) is 23.2 Å². The molecule has 6 heteroatoms. The fourth-order valence-corrected chi connectivity index (χ4v) is 1.62. The van der Waals surface area contributed by atoms with Crippen LogP contribution in [0.25, 0.3) is 0 Å². The third kappa shape index (κ3) is 3.77. The summed E-state index contributed by atoms with van der Waals surface area (Å²) in [7, 11) is 0. The van der Waals surface area contributed by atoms with Crippen LogP contribution in [0.3, 0.4) is 0 Å². The van der Waals surface area contributed by atoms with Crippen LogP contribution in [0.5, 0.6) is 0 Å². The van der Waals surface area contributed by atoms with Gasteiger partial charge < -0.3 is 15.7 Å². The third-order valence-electron chi connectivity index (χ3n) is 2.74. The first-order chi connectivity index (χ1) is 8.41. The summed E-state index contributed by atoms with van der Waals surface area (Å²) in [6.45, 7) is 3.50. The summed E-state index contributed by atoms with van der Waals surface area (Å²) in [4.78, 5) is 11.8. The molecule has 1 aromatic carbocycles. The molecule has 0 fully saturated rings. The maximum atomic E-state index is 11.8. The summed E-state index contributed by atoms with van der Waals surface area (Å²) in [5, 5.41) is 15.2. The van der Waals surface area contributed by atoms with Crippen LogP contribution in [-0.2, 0) is 0 Å². The van der Waals surface area contributed by atoms with Crippen molar-refractivity contribution in [3.63, 3.8) is 0 Å². The standard InChI is InChI=1S/C12H16Cl2N2O2/c1-3-12(2,7-17)16-11(18)15-9-6-4-5-8(13)10(9)14/h4-6,17H,3,7H2,1-2H3,(H2,15,16,18). The number of carbonyl (C=O) groups excluding carboxylic acids is 1. The van der Waals surface area contributed by atoms with Gasteiger partial charge in [-0.05, 0) is 25.5 Å². The number of nitrogens with one attached hydrogen (secondary N) is 2. The first kappa shape index (κ1) is 15.1. The van der Waals surface area contributed by atoms with Gasteiger partial charge in [0, 0.05) is 0 Å². The molecule has 0 radical (unpaired) electrons. The summed E-state index contributed by atoms with van der Waals surface area (Å²) < 4.78 is 0. The summed E-state index contributed by atoms with van der Waals surface area (Å²) in [6, 6.07) is 4.54. The van der Waals surface area contributed by atoms with Crippen LogP contribution >= 0.6 is 23.2 Å². The van der Waals surface area contributed by atoms with Crippen LogP contribution in [0.1, 0.15) is 20.3 Å². The number of carbonyl (C=O) groups is 1. The predicted molar refractivity (Wildman–Crippen MR) is 74.4 cm³/mol. The molecule has 3 N–H and O–H groups in total. The number of amides is 2. The minimum atomic E-state index is -0.658. The minimum absolute atomic E-state index is 0.139. The van der Waals surface area contributed by atoms with Crippen molar-refractivity contribution in [1.82, 2.24) is 5.32 Å². The van der Waals surface area contributed by atoms with Gasteiger partial charge in [-0.1, -0.05) is 36.2 Å². The second kappa shape index (κ2) is 6.27. The Kier molecular flexibility index (Phi) is 5.26. The number of urea groups is 1. The molecule has 18 heavy (non-hydrogen) atoms. The van der Waals surface area contributed by atoms with E-state index in [-0.39, 0.29) is 11.6 Å². The topological polar surface area (TPSA) is 61.4 Å². The molecule has 0 spiro atoms. The molecule has 1 atom stereocenters. The van der Waals surface area contributed by atoms with Gasteiger partial charge in [0.05, 0.1) is 27.9 Å². The van der Waals surface area contributed by atoms with E-state index in [0.717, 1.165) is 0 Å². The Labute approximate surface area is 116 Å². The zero-order chi connectivity index (χ0) is 13.8. The van der Waals surface area contributed by atoms with Crippen LogP contribution in [0.2, 0.25) is 10.0 Å². The van der Waals surface area contributed by atoms with Gasteiger partial charge >= 0.3 is 6.03 Å². The molecule has 0 heterocycles. The minimum Gasteiger partial charge on any atom is -0.394 e. The molecule has 0 saturated carbocycles. The van der Waals surface area contributed by atoms with Gasteiger partial charge in [0.1, 0.15) is 0 Å². The van der Waals surface area contributed by atoms with Crippen molar-refractivity contribution in [2.45, 2.75) is 25.8 Å². The van der Waals surface area contributed by atoms with Gasteiger partial charge in [-0.25, -0.2) is 4.79 Å². The van der Waals surface area contributed by atoms with E-state index >= 15 is 0 Å². The summed E-state index contributed by atoms with van der Waals surface area (Å²) in [6.07, 6.45) is 0.611. The van der Waals surface area contributed by atoms with Crippen molar-refractivity contribution in [3.8, 4) is 0 Å². The molecule has 1 aromatic rings. The number of rotatable bonds is 4. The normalized spacial score (nSPS) is 13.8. The molecule has 0 aromatic heterocycles. The molecule has 4 nitrogen and oxygen atoms in total. The Hall–Kier alpha value is -0.970. The molecular formula is C12H16Cl2N2O2. The molecule has 0 aliphatic heterocycles. The highest BCUT2D eigenvalue weighted by atomic mass is 35.5. The highest BCUT2D eigenvalue weighted by Gasteiger charge is 2.23. The number of hydrogen-bond donors (Lipinski definition) is 3. The zero-order valence-electron chi connectivity index (χ0n) is 10.3. The smallest absolute Gasteiger partial charge is 0.319 e. The van der Waals surface area contributed by atoms with E-state index in [0.29, 0.717) is 17.1 Å². The lowest BCUT2D eigenvalue weighted by Gasteiger charge is -2.27. The highest BCUT2D eigenvalue weighted by Crippen LogP contribution is 2.29. The average Bonchev–Trinajstić information content (AvgIpc) is 2.34. The highest BCUT2D eigenvalue weighted by molar-refractivity contribution is 6.43. The van der Waals surface area contributed by atoms with E-state index in [1.807, 2.05) is 6.92 Å². The molecule has 100 valence electrons. The Morgan fingerprint density at radius 1 is 1.44 bits per heavy atom. The molecule has 2 amide bonds. The lowest BCUT2D eigenvalue weighted by atomic mass is 10.0. The van der Waals surface area contributed by atoms with Crippen molar-refractivity contribution >= 4 is 34.9 Å².